The predicted molar refractivity (Wildman–Crippen MR) is 132 cm³/mol. The van der Waals surface area contributed by atoms with Crippen LogP contribution in [-0.4, -0.2) is 45.9 Å². The van der Waals surface area contributed by atoms with E-state index in [4.69, 9.17) is 0 Å². The predicted octanol–water partition coefficient (Wildman–Crippen LogP) is 3.59. The van der Waals surface area contributed by atoms with Gasteiger partial charge in [-0.05, 0) is 75.1 Å². The number of aliphatic hydroxyl groups is 1. The van der Waals surface area contributed by atoms with Crippen molar-refractivity contribution in [3.63, 3.8) is 0 Å². The molecule has 1 aliphatic rings. The van der Waals surface area contributed by atoms with Crippen molar-refractivity contribution in [3.8, 4) is 5.69 Å². The molecule has 3 aromatic rings. The van der Waals surface area contributed by atoms with Gasteiger partial charge >= 0.3 is 0 Å². The molecular weight excluding hydrogens is 428 g/mol. The average molecular weight is 461 g/mol. The maximum atomic E-state index is 13.8. The molecule has 2 atom stereocenters. The zero-order chi connectivity index (χ0) is 24.5. The molecule has 178 valence electrons. The van der Waals surface area contributed by atoms with Crippen molar-refractivity contribution in [3.05, 3.63) is 77.1 Å². The number of aromatic nitrogens is 2. The van der Waals surface area contributed by atoms with Crippen LogP contribution in [0.3, 0.4) is 0 Å². The maximum absolute atomic E-state index is 13.8. The van der Waals surface area contributed by atoms with Crippen molar-refractivity contribution in [2.75, 3.05) is 18.1 Å². The van der Waals surface area contributed by atoms with E-state index in [1.54, 1.807) is 16.5 Å². The van der Waals surface area contributed by atoms with Gasteiger partial charge in [-0.25, -0.2) is 4.68 Å². The van der Waals surface area contributed by atoms with Crippen LogP contribution < -0.4 is 10.2 Å². The van der Waals surface area contributed by atoms with Gasteiger partial charge in [0.2, 0.25) is 5.91 Å². The Hall–Kier alpha value is -3.45. The minimum Gasteiger partial charge on any atom is -0.394 e. The average Bonchev–Trinajstić information content (AvgIpc) is 3.18. The normalized spacial score (nSPS) is 18.7. The zero-order valence-corrected chi connectivity index (χ0v) is 20.2. The summed E-state index contributed by atoms with van der Waals surface area (Å²) in [5.74, 6) is -0.185. The number of hydrogen-bond donors (Lipinski definition) is 2. The van der Waals surface area contributed by atoms with Crippen LogP contribution in [-0.2, 0) is 11.2 Å². The minimum atomic E-state index is -0.689. The van der Waals surface area contributed by atoms with E-state index in [9.17, 15) is 14.7 Å². The molecule has 0 radical (unpaired) electrons. The Balaban J connectivity index is 1.64. The van der Waals surface area contributed by atoms with Gasteiger partial charge in [0, 0.05) is 30.0 Å². The minimum absolute atomic E-state index is 0.0819. The molecule has 34 heavy (non-hydrogen) atoms. The number of benzene rings is 2. The van der Waals surface area contributed by atoms with Crippen molar-refractivity contribution in [1.29, 1.82) is 0 Å². The molecule has 4 rings (SSSR count). The number of fused-ring (bicyclic) bond motifs is 1. The van der Waals surface area contributed by atoms with E-state index >= 15 is 0 Å². The Bertz CT molecular complexity index is 1220. The van der Waals surface area contributed by atoms with Crippen LogP contribution in [0.25, 0.3) is 5.69 Å². The second-order valence-corrected chi connectivity index (χ2v) is 9.53. The highest BCUT2D eigenvalue weighted by atomic mass is 16.3. The highest BCUT2D eigenvalue weighted by molar-refractivity contribution is 6.07. The first-order chi connectivity index (χ1) is 16.2. The summed E-state index contributed by atoms with van der Waals surface area (Å²) in [5, 5.41) is 16.7. The third-order valence-electron chi connectivity index (χ3n) is 6.62. The molecule has 0 fully saturated rings. The van der Waals surface area contributed by atoms with Gasteiger partial charge in [0.25, 0.3) is 5.91 Å². The van der Waals surface area contributed by atoms with Crippen molar-refractivity contribution in [2.45, 2.75) is 46.6 Å². The monoisotopic (exact) mass is 460 g/mol. The van der Waals surface area contributed by atoms with E-state index in [0.717, 1.165) is 28.2 Å². The van der Waals surface area contributed by atoms with Crippen LogP contribution in [0.15, 0.2) is 54.7 Å². The van der Waals surface area contributed by atoms with Crippen molar-refractivity contribution < 1.29 is 14.7 Å². The van der Waals surface area contributed by atoms with Crippen molar-refractivity contribution in [2.24, 2.45) is 5.41 Å². The summed E-state index contributed by atoms with van der Waals surface area (Å²) in [7, 11) is 0. The molecule has 2 heterocycles. The maximum Gasteiger partial charge on any atom is 0.258 e. The van der Waals surface area contributed by atoms with Crippen LogP contribution in [0.5, 0.6) is 0 Å². The number of aryl methyl sites for hydroxylation is 2. The van der Waals surface area contributed by atoms with Gasteiger partial charge < -0.3 is 15.3 Å². The first kappa shape index (κ1) is 23.7. The molecule has 0 bridgehead atoms. The first-order valence-electron chi connectivity index (χ1n) is 11.7. The summed E-state index contributed by atoms with van der Waals surface area (Å²) in [6, 6.07) is 15.1. The van der Waals surface area contributed by atoms with Gasteiger partial charge in [0.1, 0.15) is 0 Å². The molecule has 2 aromatic carbocycles. The fourth-order valence-corrected chi connectivity index (χ4v) is 4.49. The molecule has 0 saturated heterocycles. The Labute approximate surface area is 200 Å². The molecule has 0 saturated carbocycles. The smallest absolute Gasteiger partial charge is 0.258 e. The molecule has 2 amide bonds. The molecular formula is C27H32N4O3. The number of amides is 2. The summed E-state index contributed by atoms with van der Waals surface area (Å²) in [5.41, 5.74) is 4.44. The number of nitrogens with one attached hydrogen (secondary N) is 1. The number of carbonyl (C=O) groups excluding carboxylic acids is 2. The molecule has 0 spiro atoms. The van der Waals surface area contributed by atoms with Gasteiger partial charge in [-0.3, -0.25) is 9.59 Å². The van der Waals surface area contributed by atoms with Gasteiger partial charge in [0.05, 0.1) is 23.4 Å². The van der Waals surface area contributed by atoms with Crippen molar-refractivity contribution in [1.82, 2.24) is 15.1 Å². The van der Waals surface area contributed by atoms with E-state index in [2.05, 4.69) is 10.4 Å². The van der Waals surface area contributed by atoms with Crippen LogP contribution in [0.4, 0.5) is 5.69 Å². The van der Waals surface area contributed by atoms with Gasteiger partial charge in [-0.1, -0.05) is 25.1 Å². The van der Waals surface area contributed by atoms with Gasteiger partial charge in [0.15, 0.2) is 0 Å². The topological polar surface area (TPSA) is 87.5 Å². The number of anilines is 1. The summed E-state index contributed by atoms with van der Waals surface area (Å²) in [4.78, 5) is 28.7. The second kappa shape index (κ2) is 9.43. The lowest BCUT2D eigenvalue weighted by Gasteiger charge is -2.28. The molecule has 2 N–H and O–H groups in total. The Morgan fingerprint density at radius 1 is 1.18 bits per heavy atom. The fraction of sp³-hybridized carbons (Fsp3) is 0.370. The highest BCUT2D eigenvalue weighted by Crippen LogP contribution is 2.37. The van der Waals surface area contributed by atoms with Gasteiger partial charge in [-0.2, -0.15) is 5.10 Å². The van der Waals surface area contributed by atoms with Gasteiger partial charge in [-0.15, -0.1) is 0 Å². The lowest BCUT2D eigenvalue weighted by atomic mass is 9.80. The van der Waals surface area contributed by atoms with E-state index in [0.29, 0.717) is 24.9 Å². The highest BCUT2D eigenvalue weighted by Gasteiger charge is 2.39. The van der Waals surface area contributed by atoms with E-state index in [-0.39, 0.29) is 24.5 Å². The standard InChI is InChI=1S/C27H32N4O3/c1-18-15-22(31-13-11-19(2)29-31)9-10-23(18)25(33)30-14-12-27(4,26(34)28-20(3)17-32)16-21-7-5-6-8-24(21)30/h5-11,13,15,20,32H,12,14,16-17H2,1-4H3,(H,28,34)/t20-,27?/m0/s1. The Kier molecular flexibility index (Phi) is 6.57. The first-order valence-corrected chi connectivity index (χ1v) is 11.7. The van der Waals surface area contributed by atoms with E-state index < -0.39 is 5.41 Å². The Morgan fingerprint density at radius 3 is 2.62 bits per heavy atom. The molecule has 7 nitrogen and oxygen atoms in total. The van der Waals surface area contributed by atoms with Crippen LogP contribution in [0.2, 0.25) is 0 Å². The third-order valence-corrected chi connectivity index (χ3v) is 6.62. The van der Waals surface area contributed by atoms with Crippen LogP contribution in [0.1, 0.15) is 47.4 Å². The number of aliphatic hydroxyl groups excluding tert-OH is 1. The van der Waals surface area contributed by atoms with Crippen LogP contribution >= 0.6 is 0 Å². The SMILES string of the molecule is Cc1ccn(-c2ccc(C(=O)N3CCC(C)(C(=O)N[C@@H](C)CO)Cc4ccccc43)c(C)c2)n1. The molecule has 1 aliphatic heterocycles. The quantitative estimate of drug-likeness (QED) is 0.609. The lowest BCUT2D eigenvalue weighted by Crippen LogP contribution is -2.46. The number of para-hydroxylation sites is 1. The summed E-state index contributed by atoms with van der Waals surface area (Å²) in [6.45, 7) is 7.90. The summed E-state index contributed by atoms with van der Waals surface area (Å²) < 4.78 is 1.80. The number of hydrogen-bond acceptors (Lipinski definition) is 4. The molecule has 7 heteroatoms. The molecule has 1 aromatic heterocycles. The largest absolute Gasteiger partial charge is 0.394 e. The second-order valence-electron chi connectivity index (χ2n) is 9.53. The molecule has 0 aliphatic carbocycles. The fourth-order valence-electron chi connectivity index (χ4n) is 4.49. The third kappa shape index (κ3) is 4.61. The summed E-state index contributed by atoms with van der Waals surface area (Å²) in [6.07, 6.45) is 2.94. The number of carbonyl (C=O) groups is 2. The van der Waals surface area contributed by atoms with E-state index in [1.165, 1.54) is 0 Å². The number of rotatable bonds is 5. The summed E-state index contributed by atoms with van der Waals surface area (Å²) >= 11 is 0. The lowest BCUT2D eigenvalue weighted by molar-refractivity contribution is -0.131. The Morgan fingerprint density at radius 2 is 1.94 bits per heavy atom. The van der Waals surface area contributed by atoms with E-state index in [1.807, 2.05) is 75.5 Å². The van der Waals surface area contributed by atoms with Crippen LogP contribution in [0, 0.1) is 19.3 Å². The molecule has 1 unspecified atom stereocenters. The zero-order valence-electron chi connectivity index (χ0n) is 20.2. The van der Waals surface area contributed by atoms with Crippen molar-refractivity contribution >= 4 is 17.5 Å². The number of nitrogens with zero attached hydrogens (tertiary/aromatic N) is 3.